The lowest BCUT2D eigenvalue weighted by molar-refractivity contribution is 0.0967. The second kappa shape index (κ2) is 8.68. The zero-order valence-electron chi connectivity index (χ0n) is 15.8. The number of hydrogen-bond donors (Lipinski definition) is 0. The number of benzene rings is 2. The average Bonchev–Trinajstić information content (AvgIpc) is 2.77. The molecule has 0 spiro atoms. The molecule has 0 bridgehead atoms. The van der Waals surface area contributed by atoms with Crippen molar-refractivity contribution in [2.45, 2.75) is 18.9 Å². The van der Waals surface area contributed by atoms with Crippen LogP contribution in [-0.4, -0.2) is 40.1 Å². The number of carbonyl (C=O) groups excluding carboxylic acids is 1. The minimum absolute atomic E-state index is 0.115. The molecule has 6 nitrogen and oxygen atoms in total. The van der Waals surface area contributed by atoms with Crippen molar-refractivity contribution in [3.8, 4) is 6.01 Å². The molecule has 0 unspecified atom stereocenters. The largest absolute Gasteiger partial charge is 0.458 e. The summed E-state index contributed by atoms with van der Waals surface area (Å²) in [6.45, 7) is 1.05. The quantitative estimate of drug-likeness (QED) is 0.660. The van der Waals surface area contributed by atoms with Gasteiger partial charge in [0, 0.05) is 6.54 Å². The lowest BCUT2D eigenvalue weighted by Gasteiger charge is -2.36. The van der Waals surface area contributed by atoms with Crippen LogP contribution in [0.5, 0.6) is 6.01 Å². The SMILES string of the molecule is O=C(N1CCC[C@H](Oc2ncc(F)cn2)C1)N(c1ccccc1)c1ccccc1. The maximum Gasteiger partial charge on any atom is 0.329 e. The number of para-hydroxylation sites is 2. The Bertz CT molecular complexity index is 899. The Morgan fingerprint density at radius 3 is 2.17 bits per heavy atom. The van der Waals surface area contributed by atoms with Gasteiger partial charge in [0.1, 0.15) is 6.10 Å². The van der Waals surface area contributed by atoms with Crippen molar-refractivity contribution >= 4 is 17.4 Å². The fourth-order valence-corrected chi connectivity index (χ4v) is 3.38. The van der Waals surface area contributed by atoms with Crippen molar-refractivity contribution in [3.63, 3.8) is 0 Å². The summed E-state index contributed by atoms with van der Waals surface area (Å²) in [4.78, 5) is 24.6. The molecule has 0 aliphatic carbocycles. The molecule has 1 fully saturated rings. The Hall–Kier alpha value is -3.48. The Labute approximate surface area is 168 Å². The Balaban J connectivity index is 1.53. The van der Waals surface area contributed by atoms with Gasteiger partial charge in [-0.3, -0.25) is 4.90 Å². The van der Waals surface area contributed by atoms with Gasteiger partial charge in [0.25, 0.3) is 0 Å². The predicted octanol–water partition coefficient (Wildman–Crippen LogP) is 4.42. The van der Waals surface area contributed by atoms with Gasteiger partial charge in [-0.25, -0.2) is 19.2 Å². The number of ether oxygens (including phenoxy) is 1. The summed E-state index contributed by atoms with van der Waals surface area (Å²) in [6.07, 6.45) is 3.48. The molecule has 1 atom stereocenters. The smallest absolute Gasteiger partial charge is 0.329 e. The van der Waals surface area contributed by atoms with Crippen molar-refractivity contribution in [1.82, 2.24) is 14.9 Å². The van der Waals surface area contributed by atoms with E-state index < -0.39 is 5.82 Å². The molecule has 2 amide bonds. The predicted molar refractivity (Wildman–Crippen MR) is 108 cm³/mol. The van der Waals surface area contributed by atoms with Crippen LogP contribution < -0.4 is 9.64 Å². The molecule has 1 saturated heterocycles. The highest BCUT2D eigenvalue weighted by atomic mass is 19.1. The van der Waals surface area contributed by atoms with Gasteiger partial charge in [-0.15, -0.1) is 0 Å². The Kier molecular flexibility index (Phi) is 5.65. The third-order valence-corrected chi connectivity index (χ3v) is 4.74. The van der Waals surface area contributed by atoms with Crippen LogP contribution in [-0.2, 0) is 0 Å². The summed E-state index contributed by atoms with van der Waals surface area (Å²) in [7, 11) is 0. The molecule has 4 rings (SSSR count). The molecule has 2 aromatic carbocycles. The third-order valence-electron chi connectivity index (χ3n) is 4.74. The highest BCUT2D eigenvalue weighted by Gasteiger charge is 2.30. The van der Waals surface area contributed by atoms with Gasteiger partial charge >= 0.3 is 12.0 Å². The van der Waals surface area contributed by atoms with E-state index in [1.165, 1.54) is 0 Å². The number of halogens is 1. The first-order chi connectivity index (χ1) is 14.2. The molecule has 0 saturated carbocycles. The topological polar surface area (TPSA) is 58.6 Å². The number of urea groups is 1. The van der Waals surface area contributed by atoms with Gasteiger partial charge in [-0.1, -0.05) is 36.4 Å². The first-order valence-corrected chi connectivity index (χ1v) is 9.54. The van der Waals surface area contributed by atoms with E-state index in [0.717, 1.165) is 36.6 Å². The maximum absolute atomic E-state index is 13.5. The molecule has 2 heterocycles. The van der Waals surface area contributed by atoms with Gasteiger partial charge in [0.2, 0.25) is 0 Å². The van der Waals surface area contributed by atoms with Crippen LogP contribution >= 0.6 is 0 Å². The second-order valence-corrected chi connectivity index (χ2v) is 6.80. The Morgan fingerprint density at radius 1 is 1.00 bits per heavy atom. The number of nitrogens with zero attached hydrogens (tertiary/aromatic N) is 4. The Morgan fingerprint density at radius 2 is 1.59 bits per heavy atom. The molecule has 1 aromatic heterocycles. The zero-order valence-corrected chi connectivity index (χ0v) is 15.8. The van der Waals surface area contributed by atoms with Crippen LogP contribution in [0.1, 0.15) is 12.8 Å². The molecular weight excluding hydrogens is 371 g/mol. The minimum atomic E-state index is -0.515. The first-order valence-electron chi connectivity index (χ1n) is 9.54. The summed E-state index contributed by atoms with van der Waals surface area (Å²) in [5, 5.41) is 0. The van der Waals surface area contributed by atoms with Crippen LogP contribution in [0, 0.1) is 5.82 Å². The lowest BCUT2D eigenvalue weighted by atomic mass is 10.1. The summed E-state index contributed by atoms with van der Waals surface area (Å²) in [5.41, 5.74) is 1.60. The number of likely N-dealkylation sites (tertiary alicyclic amines) is 1. The average molecular weight is 392 g/mol. The van der Waals surface area contributed by atoms with E-state index in [1.54, 1.807) is 9.80 Å². The van der Waals surface area contributed by atoms with Gasteiger partial charge in [0.15, 0.2) is 5.82 Å². The molecule has 1 aliphatic heterocycles. The van der Waals surface area contributed by atoms with Crippen LogP contribution in [0.2, 0.25) is 0 Å². The van der Waals surface area contributed by atoms with E-state index in [2.05, 4.69) is 9.97 Å². The summed E-state index contributed by atoms with van der Waals surface area (Å²) in [6, 6.07) is 19.1. The number of anilines is 2. The highest BCUT2D eigenvalue weighted by Crippen LogP contribution is 2.28. The zero-order chi connectivity index (χ0) is 20.1. The number of carbonyl (C=O) groups is 1. The molecule has 1 aliphatic rings. The van der Waals surface area contributed by atoms with E-state index in [1.807, 2.05) is 60.7 Å². The van der Waals surface area contributed by atoms with Crippen molar-refractivity contribution in [2.75, 3.05) is 18.0 Å². The van der Waals surface area contributed by atoms with Crippen molar-refractivity contribution in [2.24, 2.45) is 0 Å². The van der Waals surface area contributed by atoms with E-state index >= 15 is 0 Å². The van der Waals surface area contributed by atoms with E-state index in [4.69, 9.17) is 4.74 Å². The first kappa shape index (κ1) is 18.9. The summed E-state index contributed by atoms with van der Waals surface area (Å²) < 4.78 is 18.8. The number of piperidine rings is 1. The van der Waals surface area contributed by atoms with Crippen LogP contribution in [0.15, 0.2) is 73.1 Å². The van der Waals surface area contributed by atoms with Gasteiger partial charge in [-0.05, 0) is 37.1 Å². The molecule has 3 aromatic rings. The molecule has 0 radical (unpaired) electrons. The van der Waals surface area contributed by atoms with Crippen LogP contribution in [0.25, 0.3) is 0 Å². The number of amides is 2. The molecule has 29 heavy (non-hydrogen) atoms. The normalized spacial score (nSPS) is 16.3. The van der Waals surface area contributed by atoms with Crippen molar-refractivity contribution in [3.05, 3.63) is 78.9 Å². The van der Waals surface area contributed by atoms with Crippen molar-refractivity contribution < 1.29 is 13.9 Å². The van der Waals surface area contributed by atoms with Crippen molar-refractivity contribution in [1.29, 1.82) is 0 Å². The van der Waals surface area contributed by atoms with E-state index in [0.29, 0.717) is 13.1 Å². The van der Waals surface area contributed by atoms with E-state index in [-0.39, 0.29) is 18.1 Å². The number of aromatic nitrogens is 2. The maximum atomic E-state index is 13.5. The monoisotopic (exact) mass is 392 g/mol. The van der Waals surface area contributed by atoms with Gasteiger partial charge in [0.05, 0.1) is 30.3 Å². The van der Waals surface area contributed by atoms with Crippen LogP contribution in [0.3, 0.4) is 0 Å². The molecular formula is C22H21FN4O2. The fourth-order valence-electron chi connectivity index (χ4n) is 3.38. The number of rotatable bonds is 4. The summed E-state index contributed by atoms with van der Waals surface area (Å²) in [5.74, 6) is -0.515. The van der Waals surface area contributed by atoms with Gasteiger partial charge < -0.3 is 9.64 Å². The fraction of sp³-hybridized carbons (Fsp3) is 0.227. The highest BCUT2D eigenvalue weighted by molar-refractivity contribution is 5.99. The standard InChI is InChI=1S/C22H21FN4O2/c23-17-14-24-21(25-15-17)29-20-12-7-13-26(16-20)22(28)27(18-8-3-1-4-9-18)19-10-5-2-6-11-19/h1-6,8-11,14-15,20H,7,12-13,16H2/t20-/m0/s1. The summed E-state index contributed by atoms with van der Waals surface area (Å²) >= 11 is 0. The number of hydrogen-bond acceptors (Lipinski definition) is 4. The minimum Gasteiger partial charge on any atom is -0.458 e. The molecule has 148 valence electrons. The molecule has 0 N–H and O–H groups in total. The van der Waals surface area contributed by atoms with Crippen LogP contribution in [0.4, 0.5) is 20.6 Å². The van der Waals surface area contributed by atoms with Gasteiger partial charge in [-0.2, -0.15) is 0 Å². The van der Waals surface area contributed by atoms with E-state index in [9.17, 15) is 9.18 Å². The molecule has 7 heteroatoms. The third kappa shape index (κ3) is 4.51. The second-order valence-electron chi connectivity index (χ2n) is 6.80. The lowest BCUT2D eigenvalue weighted by Crippen LogP contribution is -2.49.